The van der Waals surface area contributed by atoms with Crippen LogP contribution in [0.3, 0.4) is 0 Å². The van der Waals surface area contributed by atoms with Crippen LogP contribution in [0.1, 0.15) is 42.5 Å². The van der Waals surface area contributed by atoms with Gasteiger partial charge in [-0.2, -0.15) is 0 Å². The van der Waals surface area contributed by atoms with Gasteiger partial charge in [-0.3, -0.25) is 9.69 Å². The molecule has 1 aromatic rings. The molecule has 4 N–H and O–H groups in total. The molecule has 0 spiro atoms. The van der Waals surface area contributed by atoms with Crippen LogP contribution in [0.25, 0.3) is 0 Å². The van der Waals surface area contributed by atoms with E-state index in [9.17, 15) is 9.59 Å². The van der Waals surface area contributed by atoms with Crippen LogP contribution in [0.15, 0.2) is 24.3 Å². The lowest BCUT2D eigenvalue weighted by Crippen LogP contribution is -2.45. The van der Waals surface area contributed by atoms with E-state index in [2.05, 4.69) is 10.6 Å². The number of urea groups is 1. The van der Waals surface area contributed by atoms with Crippen molar-refractivity contribution in [1.29, 1.82) is 0 Å². The standard InChI is InChI=1S/C18H26N4O2.ClH/c19-12-16(13-4-2-1-3-5-13)21-17(23)14-6-8-15(9-7-14)22-11-10-20-18(22)24;/h6-9,13,16H,1-5,10-12,19H2,(H,20,24)(H,21,23);1H. The number of amides is 3. The van der Waals surface area contributed by atoms with Gasteiger partial charge in [-0.25, -0.2) is 4.79 Å². The fourth-order valence-electron chi connectivity index (χ4n) is 3.67. The number of benzene rings is 1. The van der Waals surface area contributed by atoms with Crippen molar-refractivity contribution in [2.75, 3.05) is 24.5 Å². The van der Waals surface area contributed by atoms with Crippen LogP contribution in [-0.2, 0) is 0 Å². The summed E-state index contributed by atoms with van der Waals surface area (Å²) in [6.07, 6.45) is 6.02. The van der Waals surface area contributed by atoms with Crippen LogP contribution in [0.5, 0.6) is 0 Å². The quantitative estimate of drug-likeness (QED) is 0.747. The Labute approximate surface area is 154 Å². The monoisotopic (exact) mass is 366 g/mol. The van der Waals surface area contributed by atoms with E-state index < -0.39 is 0 Å². The molecule has 1 saturated heterocycles. The second-order valence-corrected chi connectivity index (χ2v) is 6.64. The highest BCUT2D eigenvalue weighted by molar-refractivity contribution is 5.97. The third-order valence-corrected chi connectivity index (χ3v) is 5.09. The first-order valence-electron chi connectivity index (χ1n) is 8.85. The molecule has 1 heterocycles. The maximum Gasteiger partial charge on any atom is 0.321 e. The SMILES string of the molecule is Cl.NCC(NC(=O)c1ccc(N2CCNC2=O)cc1)C1CCCCC1. The Morgan fingerprint density at radius 1 is 1.24 bits per heavy atom. The minimum absolute atomic E-state index is 0. The molecule has 0 radical (unpaired) electrons. The lowest BCUT2D eigenvalue weighted by atomic mass is 9.84. The molecule has 1 aromatic carbocycles. The predicted molar refractivity (Wildman–Crippen MR) is 101 cm³/mol. The number of nitrogens with two attached hydrogens (primary N) is 1. The molecule has 7 heteroatoms. The van der Waals surface area contributed by atoms with Crippen molar-refractivity contribution < 1.29 is 9.59 Å². The lowest BCUT2D eigenvalue weighted by Gasteiger charge is -2.30. The molecule has 138 valence electrons. The van der Waals surface area contributed by atoms with Gasteiger partial charge in [-0.05, 0) is 43.0 Å². The van der Waals surface area contributed by atoms with E-state index in [-0.39, 0.29) is 30.4 Å². The second-order valence-electron chi connectivity index (χ2n) is 6.64. The predicted octanol–water partition coefficient (Wildman–Crippen LogP) is 2.28. The fourth-order valence-corrected chi connectivity index (χ4v) is 3.67. The van der Waals surface area contributed by atoms with E-state index in [1.165, 1.54) is 19.3 Å². The molecule has 1 unspecified atom stereocenters. The highest BCUT2D eigenvalue weighted by Gasteiger charge is 2.25. The molecule has 1 aliphatic carbocycles. The molecule has 1 aliphatic heterocycles. The Hall–Kier alpha value is -1.79. The molecule has 2 fully saturated rings. The van der Waals surface area contributed by atoms with Crippen molar-refractivity contribution in [2.24, 2.45) is 11.7 Å². The largest absolute Gasteiger partial charge is 0.348 e. The first-order valence-corrected chi connectivity index (χ1v) is 8.85. The van der Waals surface area contributed by atoms with Crippen LogP contribution in [0, 0.1) is 5.92 Å². The summed E-state index contributed by atoms with van der Waals surface area (Å²) in [6.45, 7) is 1.78. The van der Waals surface area contributed by atoms with E-state index in [0.29, 0.717) is 31.1 Å². The number of nitrogens with one attached hydrogen (secondary N) is 2. The summed E-state index contributed by atoms with van der Waals surface area (Å²) in [7, 11) is 0. The number of rotatable bonds is 5. The average molecular weight is 367 g/mol. The third-order valence-electron chi connectivity index (χ3n) is 5.09. The maximum atomic E-state index is 12.5. The number of hydrogen-bond donors (Lipinski definition) is 3. The minimum Gasteiger partial charge on any atom is -0.348 e. The van der Waals surface area contributed by atoms with E-state index >= 15 is 0 Å². The number of anilines is 1. The Morgan fingerprint density at radius 2 is 1.92 bits per heavy atom. The van der Waals surface area contributed by atoms with Gasteiger partial charge in [0.05, 0.1) is 0 Å². The first-order chi connectivity index (χ1) is 11.7. The molecule has 1 atom stereocenters. The van der Waals surface area contributed by atoms with Gasteiger partial charge < -0.3 is 16.4 Å². The Kier molecular flexibility index (Phi) is 7.08. The summed E-state index contributed by atoms with van der Waals surface area (Å²) in [5.41, 5.74) is 7.30. The zero-order chi connectivity index (χ0) is 16.9. The summed E-state index contributed by atoms with van der Waals surface area (Å²) < 4.78 is 0. The summed E-state index contributed by atoms with van der Waals surface area (Å²) >= 11 is 0. The zero-order valence-corrected chi connectivity index (χ0v) is 15.2. The molecule has 3 amide bonds. The van der Waals surface area contributed by atoms with Gasteiger partial charge in [0.1, 0.15) is 0 Å². The maximum absolute atomic E-state index is 12.5. The van der Waals surface area contributed by atoms with Crippen molar-refractivity contribution in [2.45, 2.75) is 38.1 Å². The zero-order valence-electron chi connectivity index (χ0n) is 14.4. The number of carbonyl (C=O) groups excluding carboxylic acids is 2. The van der Waals surface area contributed by atoms with E-state index in [1.807, 2.05) is 12.1 Å². The molecular formula is C18H27ClN4O2. The van der Waals surface area contributed by atoms with E-state index in [0.717, 1.165) is 18.5 Å². The molecule has 2 aliphatic rings. The van der Waals surface area contributed by atoms with Gasteiger partial charge in [0.2, 0.25) is 0 Å². The van der Waals surface area contributed by atoms with Gasteiger partial charge in [0.15, 0.2) is 0 Å². The van der Waals surface area contributed by atoms with Gasteiger partial charge in [0, 0.05) is 36.9 Å². The normalized spacial score (nSPS) is 19.1. The van der Waals surface area contributed by atoms with Crippen LogP contribution in [0.4, 0.5) is 10.5 Å². The molecule has 25 heavy (non-hydrogen) atoms. The van der Waals surface area contributed by atoms with Crippen molar-refractivity contribution >= 4 is 30.0 Å². The van der Waals surface area contributed by atoms with E-state index in [1.54, 1.807) is 17.0 Å². The van der Waals surface area contributed by atoms with Gasteiger partial charge in [-0.1, -0.05) is 19.3 Å². The topological polar surface area (TPSA) is 87.5 Å². The third kappa shape index (κ3) is 4.64. The average Bonchev–Trinajstić information content (AvgIpc) is 3.06. The van der Waals surface area contributed by atoms with Crippen molar-refractivity contribution in [3.05, 3.63) is 29.8 Å². The number of nitrogens with zero attached hydrogens (tertiary/aromatic N) is 1. The molecule has 6 nitrogen and oxygen atoms in total. The van der Waals surface area contributed by atoms with Crippen LogP contribution in [0.2, 0.25) is 0 Å². The second kappa shape index (κ2) is 9.06. The molecule has 0 bridgehead atoms. The summed E-state index contributed by atoms with van der Waals surface area (Å²) in [5.74, 6) is 0.397. The Bertz CT molecular complexity index is 587. The molecule has 0 aromatic heterocycles. The highest BCUT2D eigenvalue weighted by Crippen LogP contribution is 2.26. The Morgan fingerprint density at radius 3 is 2.48 bits per heavy atom. The highest BCUT2D eigenvalue weighted by atomic mass is 35.5. The van der Waals surface area contributed by atoms with E-state index in [4.69, 9.17) is 5.73 Å². The summed E-state index contributed by atoms with van der Waals surface area (Å²) in [5, 5.41) is 5.86. The lowest BCUT2D eigenvalue weighted by molar-refractivity contribution is 0.0915. The number of hydrogen-bond acceptors (Lipinski definition) is 3. The molecule has 1 saturated carbocycles. The van der Waals surface area contributed by atoms with Crippen LogP contribution < -0.4 is 21.3 Å². The van der Waals surface area contributed by atoms with Crippen LogP contribution >= 0.6 is 12.4 Å². The van der Waals surface area contributed by atoms with Gasteiger partial charge in [0.25, 0.3) is 5.91 Å². The fraction of sp³-hybridized carbons (Fsp3) is 0.556. The number of carbonyl (C=O) groups is 2. The first kappa shape index (κ1) is 19.5. The number of halogens is 1. The molecular weight excluding hydrogens is 340 g/mol. The van der Waals surface area contributed by atoms with Crippen molar-refractivity contribution in [1.82, 2.24) is 10.6 Å². The van der Waals surface area contributed by atoms with Crippen molar-refractivity contribution in [3.63, 3.8) is 0 Å². The minimum atomic E-state index is -0.0901. The van der Waals surface area contributed by atoms with Crippen molar-refractivity contribution in [3.8, 4) is 0 Å². The van der Waals surface area contributed by atoms with Crippen LogP contribution in [-0.4, -0.2) is 37.6 Å². The summed E-state index contributed by atoms with van der Waals surface area (Å²) in [4.78, 5) is 25.8. The smallest absolute Gasteiger partial charge is 0.321 e. The summed E-state index contributed by atoms with van der Waals surface area (Å²) in [6, 6.07) is 7.13. The Balaban J connectivity index is 0.00000225. The van der Waals surface area contributed by atoms with Gasteiger partial charge >= 0.3 is 6.03 Å². The van der Waals surface area contributed by atoms with Gasteiger partial charge in [-0.15, -0.1) is 12.4 Å². The molecule has 3 rings (SSSR count).